The first kappa shape index (κ1) is 27.4. The number of halogens is 2. The van der Waals surface area contributed by atoms with Crippen molar-refractivity contribution in [3.05, 3.63) is 54.0 Å². The van der Waals surface area contributed by atoms with Crippen LogP contribution >= 0.6 is 0 Å². The third-order valence-electron chi connectivity index (χ3n) is 5.98. The second kappa shape index (κ2) is 11.8. The molecule has 204 valence electrons. The summed E-state index contributed by atoms with van der Waals surface area (Å²) in [4.78, 5) is 42.1. The van der Waals surface area contributed by atoms with Gasteiger partial charge in [-0.05, 0) is 25.0 Å². The summed E-state index contributed by atoms with van der Waals surface area (Å²) in [6.07, 6.45) is 0.436. The number of hydrogen-bond donors (Lipinski definition) is 3. The lowest BCUT2D eigenvalue weighted by Crippen LogP contribution is -2.31. The van der Waals surface area contributed by atoms with E-state index in [-0.39, 0.29) is 34.7 Å². The molecule has 1 aliphatic rings. The molecule has 0 radical (unpaired) electrons. The first-order valence-electron chi connectivity index (χ1n) is 12.1. The summed E-state index contributed by atoms with van der Waals surface area (Å²) in [5.41, 5.74) is 2.00. The first-order chi connectivity index (χ1) is 18.7. The minimum absolute atomic E-state index is 0.00632. The van der Waals surface area contributed by atoms with Crippen LogP contribution in [-0.2, 0) is 4.79 Å². The third kappa shape index (κ3) is 6.43. The Morgan fingerprint density at radius 3 is 2.51 bits per heavy atom. The molecule has 13 heteroatoms. The number of alkyl halides is 2. The number of aromatic nitrogens is 3. The van der Waals surface area contributed by atoms with Crippen molar-refractivity contribution in [1.29, 1.82) is 0 Å². The molecule has 2 heterocycles. The molecule has 1 saturated carbocycles. The van der Waals surface area contributed by atoms with Gasteiger partial charge < -0.3 is 25.6 Å². The number of para-hydroxylation sites is 1. The number of hydrogen-bond acceptors (Lipinski definition) is 8. The second-order valence-corrected chi connectivity index (χ2v) is 8.85. The summed E-state index contributed by atoms with van der Waals surface area (Å²) in [5.74, 6) is -0.715. The van der Waals surface area contributed by atoms with Crippen molar-refractivity contribution in [3.63, 3.8) is 0 Å². The second-order valence-electron chi connectivity index (χ2n) is 8.85. The number of carbonyl (C=O) groups excluding carboxylic acids is 3. The Bertz CT molecular complexity index is 1380. The molecule has 3 amide bonds. The fourth-order valence-electron chi connectivity index (χ4n) is 3.80. The third-order valence-corrected chi connectivity index (χ3v) is 5.98. The maximum atomic E-state index is 12.6. The number of methoxy groups -OCH3 is 1. The number of anilines is 3. The Kier molecular flexibility index (Phi) is 8.27. The number of ether oxygens (including phenoxy) is 1. The lowest BCUT2D eigenvalue weighted by Gasteiger charge is -2.18. The average molecular weight is 540 g/mol. The smallest absolute Gasteiger partial charge is 0.273 e. The Hall–Kier alpha value is -4.68. The van der Waals surface area contributed by atoms with Crippen molar-refractivity contribution in [1.82, 2.24) is 25.4 Å². The zero-order valence-electron chi connectivity index (χ0n) is 21.5. The zero-order valence-corrected chi connectivity index (χ0v) is 21.5. The molecule has 0 unspecified atom stereocenters. The maximum Gasteiger partial charge on any atom is 0.273 e. The lowest BCUT2D eigenvalue weighted by atomic mass is 10.0. The number of rotatable bonds is 10. The Labute approximate surface area is 223 Å². The molecule has 0 spiro atoms. The number of pyridine rings is 1. The highest BCUT2D eigenvalue weighted by molar-refractivity contribution is 6.00. The Morgan fingerprint density at radius 2 is 1.90 bits per heavy atom. The molecule has 1 fully saturated rings. The number of benzene rings is 1. The standard InChI is InChI=1S/C26H27F2N7O4/c1-29-25(37)22-19(11-21(33-34-22)32-24(36)14-7-8-14)31-17-6-4-5-16(23(17)39-3)15-9-10-18(30-12-15)26(38)35(2)13-20(27)28/h4-6,9-12,14,20H,7-8,13H2,1-3H3,(H,29,37)(H2,31,32,33,36). The van der Waals surface area contributed by atoms with E-state index in [2.05, 4.69) is 31.1 Å². The van der Waals surface area contributed by atoms with Gasteiger partial charge in [-0.2, -0.15) is 0 Å². The zero-order chi connectivity index (χ0) is 28.1. The molecule has 0 aliphatic heterocycles. The van der Waals surface area contributed by atoms with Gasteiger partial charge in [-0.25, -0.2) is 8.78 Å². The molecular weight excluding hydrogens is 512 g/mol. The van der Waals surface area contributed by atoms with Crippen LogP contribution in [-0.4, -0.2) is 72.0 Å². The summed E-state index contributed by atoms with van der Waals surface area (Å²) >= 11 is 0. The van der Waals surface area contributed by atoms with E-state index < -0.39 is 24.8 Å². The molecule has 39 heavy (non-hydrogen) atoms. The van der Waals surface area contributed by atoms with E-state index in [0.29, 0.717) is 22.6 Å². The number of carbonyl (C=O) groups is 3. The highest BCUT2D eigenvalue weighted by Crippen LogP contribution is 2.38. The van der Waals surface area contributed by atoms with Crippen LogP contribution in [0.3, 0.4) is 0 Å². The van der Waals surface area contributed by atoms with Gasteiger partial charge in [0, 0.05) is 43.4 Å². The van der Waals surface area contributed by atoms with Gasteiger partial charge in [0.25, 0.3) is 18.2 Å². The lowest BCUT2D eigenvalue weighted by molar-refractivity contribution is -0.117. The van der Waals surface area contributed by atoms with Gasteiger partial charge in [0.15, 0.2) is 11.5 Å². The summed E-state index contributed by atoms with van der Waals surface area (Å²) in [6, 6.07) is 9.85. The van der Waals surface area contributed by atoms with Gasteiger partial charge in [0.05, 0.1) is 25.0 Å². The van der Waals surface area contributed by atoms with Crippen LogP contribution in [0, 0.1) is 5.92 Å². The van der Waals surface area contributed by atoms with Crippen molar-refractivity contribution < 1.29 is 27.9 Å². The normalized spacial score (nSPS) is 12.6. The summed E-state index contributed by atoms with van der Waals surface area (Å²) in [5, 5.41) is 16.3. The molecule has 11 nitrogen and oxygen atoms in total. The number of nitrogens with zero attached hydrogens (tertiary/aromatic N) is 4. The van der Waals surface area contributed by atoms with Crippen LogP contribution in [0.25, 0.3) is 11.1 Å². The molecule has 4 rings (SSSR count). The van der Waals surface area contributed by atoms with E-state index >= 15 is 0 Å². The van der Waals surface area contributed by atoms with Gasteiger partial charge in [-0.15, -0.1) is 10.2 Å². The molecule has 2 aromatic heterocycles. The molecule has 3 aromatic rings. The molecular formula is C26H27F2N7O4. The topological polar surface area (TPSA) is 138 Å². The average Bonchev–Trinajstić information content (AvgIpc) is 3.78. The quantitative estimate of drug-likeness (QED) is 0.357. The molecule has 0 saturated heterocycles. The molecule has 1 aromatic carbocycles. The van der Waals surface area contributed by atoms with Crippen LogP contribution in [0.4, 0.5) is 26.0 Å². The Balaban J connectivity index is 1.64. The van der Waals surface area contributed by atoms with E-state index in [4.69, 9.17) is 4.74 Å². The predicted octanol–water partition coefficient (Wildman–Crippen LogP) is 3.34. The van der Waals surface area contributed by atoms with Gasteiger partial charge in [0.1, 0.15) is 11.4 Å². The van der Waals surface area contributed by atoms with Crippen LogP contribution in [0.15, 0.2) is 42.6 Å². The molecule has 0 atom stereocenters. The summed E-state index contributed by atoms with van der Waals surface area (Å²) < 4.78 is 31.0. The highest BCUT2D eigenvalue weighted by Gasteiger charge is 2.30. The predicted molar refractivity (Wildman–Crippen MR) is 139 cm³/mol. The van der Waals surface area contributed by atoms with Crippen LogP contribution in [0.2, 0.25) is 0 Å². The largest absolute Gasteiger partial charge is 0.494 e. The van der Waals surface area contributed by atoms with E-state index in [1.165, 1.54) is 39.5 Å². The van der Waals surface area contributed by atoms with Gasteiger partial charge in [0.2, 0.25) is 5.91 Å². The van der Waals surface area contributed by atoms with Crippen LogP contribution in [0.5, 0.6) is 5.75 Å². The SMILES string of the molecule is CNC(=O)c1nnc(NC(=O)C2CC2)cc1Nc1cccc(-c2ccc(C(=O)N(C)CC(F)F)nc2)c1OC. The van der Waals surface area contributed by atoms with E-state index in [1.54, 1.807) is 24.3 Å². The van der Waals surface area contributed by atoms with E-state index in [1.807, 2.05) is 0 Å². The van der Waals surface area contributed by atoms with Crippen LogP contribution in [0.1, 0.15) is 33.8 Å². The Morgan fingerprint density at radius 1 is 1.13 bits per heavy atom. The minimum atomic E-state index is -2.65. The molecule has 0 bridgehead atoms. The summed E-state index contributed by atoms with van der Waals surface area (Å²) in [7, 11) is 4.22. The highest BCUT2D eigenvalue weighted by atomic mass is 19.3. The van der Waals surface area contributed by atoms with E-state index in [0.717, 1.165) is 17.7 Å². The van der Waals surface area contributed by atoms with Gasteiger partial charge in [-0.3, -0.25) is 19.4 Å². The molecule has 3 N–H and O–H groups in total. The maximum absolute atomic E-state index is 12.6. The monoisotopic (exact) mass is 539 g/mol. The first-order valence-corrected chi connectivity index (χ1v) is 12.1. The summed E-state index contributed by atoms with van der Waals surface area (Å²) in [6.45, 7) is -0.697. The van der Waals surface area contributed by atoms with Crippen molar-refractivity contribution in [2.75, 3.05) is 38.4 Å². The number of nitrogens with one attached hydrogen (secondary N) is 3. The van der Waals surface area contributed by atoms with Gasteiger partial charge >= 0.3 is 0 Å². The van der Waals surface area contributed by atoms with Crippen molar-refractivity contribution in [2.45, 2.75) is 19.3 Å². The van der Waals surface area contributed by atoms with Gasteiger partial charge in [-0.1, -0.05) is 18.2 Å². The fourth-order valence-corrected chi connectivity index (χ4v) is 3.80. The van der Waals surface area contributed by atoms with E-state index in [9.17, 15) is 23.2 Å². The fraction of sp³-hybridized carbons (Fsp3) is 0.308. The van der Waals surface area contributed by atoms with Crippen LogP contribution < -0.4 is 20.7 Å². The van der Waals surface area contributed by atoms with Crippen molar-refractivity contribution >= 4 is 34.9 Å². The minimum Gasteiger partial charge on any atom is -0.494 e. The van der Waals surface area contributed by atoms with Crippen molar-refractivity contribution in [3.8, 4) is 16.9 Å². The number of amides is 3. The molecule has 1 aliphatic carbocycles. The van der Waals surface area contributed by atoms with Crippen molar-refractivity contribution in [2.24, 2.45) is 5.92 Å².